The Bertz CT molecular complexity index is 768. The maximum atomic E-state index is 12.4. The van der Waals surface area contributed by atoms with E-state index in [1.54, 1.807) is 31.2 Å². The SMILES string of the molecule is CC(O)(CNC(=O)c1cccc(NC(=O)C2CC2)c1)c1ccccc1. The number of carbonyl (C=O) groups is 2. The van der Waals surface area contributed by atoms with Crippen LogP contribution in [-0.2, 0) is 10.4 Å². The molecule has 130 valence electrons. The summed E-state index contributed by atoms with van der Waals surface area (Å²) in [6.07, 6.45) is 1.86. The van der Waals surface area contributed by atoms with Crippen molar-refractivity contribution in [2.75, 3.05) is 11.9 Å². The van der Waals surface area contributed by atoms with Crippen LogP contribution in [0.15, 0.2) is 54.6 Å². The first-order valence-electron chi connectivity index (χ1n) is 8.43. The van der Waals surface area contributed by atoms with Crippen LogP contribution in [0.2, 0.25) is 0 Å². The molecule has 0 spiro atoms. The van der Waals surface area contributed by atoms with Crippen molar-refractivity contribution in [2.45, 2.75) is 25.4 Å². The van der Waals surface area contributed by atoms with E-state index in [0.717, 1.165) is 18.4 Å². The molecule has 0 aromatic heterocycles. The summed E-state index contributed by atoms with van der Waals surface area (Å²) in [4.78, 5) is 24.2. The lowest BCUT2D eigenvalue weighted by molar-refractivity contribution is -0.117. The maximum absolute atomic E-state index is 12.4. The molecule has 3 rings (SSSR count). The molecular formula is C20H22N2O3. The van der Waals surface area contributed by atoms with Gasteiger partial charge in [0.05, 0.1) is 6.54 Å². The highest BCUT2D eigenvalue weighted by molar-refractivity contribution is 5.98. The van der Waals surface area contributed by atoms with Crippen LogP contribution in [0.5, 0.6) is 0 Å². The summed E-state index contributed by atoms with van der Waals surface area (Å²) in [6, 6.07) is 16.0. The summed E-state index contributed by atoms with van der Waals surface area (Å²) >= 11 is 0. The Morgan fingerprint density at radius 3 is 2.52 bits per heavy atom. The van der Waals surface area contributed by atoms with Crippen molar-refractivity contribution in [3.63, 3.8) is 0 Å². The van der Waals surface area contributed by atoms with Crippen molar-refractivity contribution in [3.05, 3.63) is 65.7 Å². The second kappa shape index (κ2) is 7.07. The molecule has 5 nitrogen and oxygen atoms in total. The number of carbonyl (C=O) groups excluding carboxylic acids is 2. The zero-order valence-electron chi connectivity index (χ0n) is 14.2. The molecule has 1 saturated carbocycles. The average Bonchev–Trinajstić information content (AvgIpc) is 3.46. The van der Waals surface area contributed by atoms with E-state index < -0.39 is 5.60 Å². The standard InChI is InChI=1S/C20H22N2O3/c1-20(25,16-7-3-2-4-8-16)13-21-18(23)15-6-5-9-17(12-15)22-19(24)14-10-11-14/h2-9,12,14,25H,10-11,13H2,1H3,(H,21,23)(H,22,24). The van der Waals surface area contributed by atoms with E-state index in [1.807, 2.05) is 30.3 Å². The Morgan fingerprint density at radius 2 is 1.84 bits per heavy atom. The van der Waals surface area contributed by atoms with Crippen LogP contribution >= 0.6 is 0 Å². The van der Waals surface area contributed by atoms with Crippen LogP contribution in [0.3, 0.4) is 0 Å². The third-order valence-corrected chi connectivity index (χ3v) is 4.33. The number of hydrogen-bond donors (Lipinski definition) is 3. The van der Waals surface area contributed by atoms with Crippen LogP contribution in [0.25, 0.3) is 0 Å². The van der Waals surface area contributed by atoms with Gasteiger partial charge in [0, 0.05) is 17.2 Å². The van der Waals surface area contributed by atoms with Crippen LogP contribution in [-0.4, -0.2) is 23.5 Å². The molecule has 0 bridgehead atoms. The van der Waals surface area contributed by atoms with E-state index in [0.29, 0.717) is 11.3 Å². The molecule has 1 unspecified atom stereocenters. The van der Waals surface area contributed by atoms with Crippen molar-refractivity contribution in [2.24, 2.45) is 5.92 Å². The summed E-state index contributed by atoms with van der Waals surface area (Å²) in [5.74, 6) is -0.179. The lowest BCUT2D eigenvalue weighted by Crippen LogP contribution is -2.38. The van der Waals surface area contributed by atoms with Crippen LogP contribution in [0.1, 0.15) is 35.7 Å². The van der Waals surface area contributed by atoms with E-state index >= 15 is 0 Å². The van der Waals surface area contributed by atoms with E-state index in [-0.39, 0.29) is 24.3 Å². The van der Waals surface area contributed by atoms with Crippen molar-refractivity contribution in [1.29, 1.82) is 0 Å². The molecule has 5 heteroatoms. The Balaban J connectivity index is 1.62. The largest absolute Gasteiger partial charge is 0.384 e. The molecule has 1 aliphatic carbocycles. The molecule has 0 aliphatic heterocycles. The molecule has 2 amide bonds. The molecule has 2 aromatic carbocycles. The molecule has 2 aromatic rings. The smallest absolute Gasteiger partial charge is 0.251 e. The second-order valence-electron chi connectivity index (χ2n) is 6.67. The topological polar surface area (TPSA) is 78.4 Å². The molecule has 0 saturated heterocycles. The number of amides is 2. The summed E-state index contributed by atoms with van der Waals surface area (Å²) in [5, 5.41) is 16.1. The van der Waals surface area contributed by atoms with Gasteiger partial charge in [-0.3, -0.25) is 9.59 Å². The van der Waals surface area contributed by atoms with Gasteiger partial charge in [-0.15, -0.1) is 0 Å². The van der Waals surface area contributed by atoms with Gasteiger partial charge in [0.2, 0.25) is 5.91 Å². The first-order chi connectivity index (χ1) is 12.0. The minimum atomic E-state index is -1.16. The van der Waals surface area contributed by atoms with Gasteiger partial charge in [0.25, 0.3) is 5.91 Å². The maximum Gasteiger partial charge on any atom is 0.251 e. The summed E-state index contributed by atoms with van der Waals surface area (Å²) in [7, 11) is 0. The summed E-state index contributed by atoms with van der Waals surface area (Å²) < 4.78 is 0. The van der Waals surface area contributed by atoms with Crippen molar-refractivity contribution < 1.29 is 14.7 Å². The molecule has 3 N–H and O–H groups in total. The van der Waals surface area contributed by atoms with Gasteiger partial charge >= 0.3 is 0 Å². The van der Waals surface area contributed by atoms with E-state index in [9.17, 15) is 14.7 Å². The second-order valence-corrected chi connectivity index (χ2v) is 6.67. The fourth-order valence-electron chi connectivity index (χ4n) is 2.58. The Hall–Kier alpha value is -2.66. The number of nitrogens with one attached hydrogen (secondary N) is 2. The fourth-order valence-corrected chi connectivity index (χ4v) is 2.58. The zero-order chi connectivity index (χ0) is 17.9. The highest BCUT2D eigenvalue weighted by atomic mass is 16.3. The predicted molar refractivity (Wildman–Crippen MR) is 96.1 cm³/mol. The van der Waals surface area contributed by atoms with E-state index in [2.05, 4.69) is 10.6 Å². The number of anilines is 1. The van der Waals surface area contributed by atoms with Gasteiger partial charge in [0.15, 0.2) is 0 Å². The monoisotopic (exact) mass is 338 g/mol. The van der Waals surface area contributed by atoms with Gasteiger partial charge in [-0.05, 0) is 43.5 Å². The minimum absolute atomic E-state index is 0.00423. The molecular weight excluding hydrogens is 316 g/mol. The minimum Gasteiger partial charge on any atom is -0.384 e. The van der Waals surface area contributed by atoms with Gasteiger partial charge in [0.1, 0.15) is 5.60 Å². The number of benzene rings is 2. The predicted octanol–water partition coefficient (Wildman–Crippen LogP) is 2.67. The molecule has 0 radical (unpaired) electrons. The van der Waals surface area contributed by atoms with Crippen molar-refractivity contribution in [3.8, 4) is 0 Å². The molecule has 0 heterocycles. The van der Waals surface area contributed by atoms with Gasteiger partial charge in [-0.2, -0.15) is 0 Å². The van der Waals surface area contributed by atoms with Crippen LogP contribution in [0.4, 0.5) is 5.69 Å². The Morgan fingerprint density at radius 1 is 1.12 bits per heavy atom. The molecule has 1 fully saturated rings. The third-order valence-electron chi connectivity index (χ3n) is 4.33. The third kappa shape index (κ3) is 4.45. The summed E-state index contributed by atoms with van der Waals surface area (Å²) in [6.45, 7) is 1.75. The number of rotatable bonds is 6. The number of aliphatic hydroxyl groups is 1. The Kier molecular flexibility index (Phi) is 4.86. The lowest BCUT2D eigenvalue weighted by Gasteiger charge is -2.24. The highest BCUT2D eigenvalue weighted by Gasteiger charge is 2.29. The van der Waals surface area contributed by atoms with E-state index in [4.69, 9.17) is 0 Å². The van der Waals surface area contributed by atoms with Gasteiger partial charge in [-0.1, -0.05) is 36.4 Å². The quantitative estimate of drug-likeness (QED) is 0.758. The van der Waals surface area contributed by atoms with Crippen molar-refractivity contribution in [1.82, 2.24) is 5.32 Å². The molecule has 1 aliphatic rings. The first kappa shape index (κ1) is 17.2. The number of hydrogen-bond acceptors (Lipinski definition) is 3. The fraction of sp³-hybridized carbons (Fsp3) is 0.300. The van der Waals surface area contributed by atoms with Crippen LogP contribution in [0, 0.1) is 5.92 Å². The Labute approximate surface area is 147 Å². The molecule has 1 atom stereocenters. The summed E-state index contributed by atoms with van der Waals surface area (Å²) in [5.41, 5.74) is 0.631. The van der Waals surface area contributed by atoms with Gasteiger partial charge in [-0.25, -0.2) is 0 Å². The highest BCUT2D eigenvalue weighted by Crippen LogP contribution is 2.30. The average molecular weight is 338 g/mol. The van der Waals surface area contributed by atoms with E-state index in [1.165, 1.54) is 0 Å². The molecule has 25 heavy (non-hydrogen) atoms. The first-order valence-corrected chi connectivity index (χ1v) is 8.43. The van der Waals surface area contributed by atoms with Crippen molar-refractivity contribution >= 4 is 17.5 Å². The van der Waals surface area contributed by atoms with Gasteiger partial charge < -0.3 is 15.7 Å². The normalized spacial score (nSPS) is 15.9. The zero-order valence-corrected chi connectivity index (χ0v) is 14.2. The lowest BCUT2D eigenvalue weighted by atomic mass is 9.96. The van der Waals surface area contributed by atoms with Crippen LogP contribution < -0.4 is 10.6 Å².